The van der Waals surface area contributed by atoms with E-state index in [9.17, 15) is 0 Å². The van der Waals surface area contributed by atoms with Gasteiger partial charge in [0, 0.05) is 23.9 Å². The predicted molar refractivity (Wildman–Crippen MR) is 81.8 cm³/mol. The van der Waals surface area contributed by atoms with Gasteiger partial charge < -0.3 is 19.3 Å². The van der Waals surface area contributed by atoms with Gasteiger partial charge in [-0.3, -0.25) is 0 Å². The molecule has 0 radical (unpaired) electrons. The molecule has 0 aliphatic rings. The molecule has 7 nitrogen and oxygen atoms in total. The van der Waals surface area contributed by atoms with Gasteiger partial charge in [-0.1, -0.05) is 12.1 Å². The molecule has 0 bridgehead atoms. The molecule has 1 N–H and O–H groups in total. The molecule has 0 saturated heterocycles. The first-order valence-corrected chi connectivity index (χ1v) is 6.84. The highest BCUT2D eigenvalue weighted by atomic mass is 16.5. The molecule has 1 aromatic carbocycles. The average Bonchev–Trinajstić information content (AvgIpc) is 2.98. The summed E-state index contributed by atoms with van der Waals surface area (Å²) < 4.78 is 15.8. The summed E-state index contributed by atoms with van der Waals surface area (Å²) in [6.07, 6.45) is 2.17. The molecule has 0 fully saturated rings. The standard InChI is InChI=1S/C15H16N4O3/c1-4-12-13-14(16-8-17-15(13)22-19-12)18-9-5-10(20-2)7-11(6-9)21-3/h5-8H,4H2,1-3H3,(H,16,17,18). The van der Waals surface area contributed by atoms with Crippen LogP contribution in [0.1, 0.15) is 12.6 Å². The smallest absolute Gasteiger partial charge is 0.263 e. The SMILES string of the molecule is CCc1noc2ncnc(Nc3cc(OC)cc(OC)c3)c12. The Morgan fingerprint density at radius 3 is 2.45 bits per heavy atom. The lowest BCUT2D eigenvalue weighted by Gasteiger charge is -2.10. The second kappa shape index (κ2) is 5.88. The summed E-state index contributed by atoms with van der Waals surface area (Å²) >= 11 is 0. The number of benzene rings is 1. The summed E-state index contributed by atoms with van der Waals surface area (Å²) in [6.45, 7) is 2.00. The average molecular weight is 300 g/mol. The normalized spacial score (nSPS) is 10.7. The quantitative estimate of drug-likeness (QED) is 0.775. The van der Waals surface area contributed by atoms with Crippen LogP contribution in [0.5, 0.6) is 11.5 Å². The van der Waals surface area contributed by atoms with Gasteiger partial charge in [-0.05, 0) is 6.42 Å². The van der Waals surface area contributed by atoms with Crippen LogP contribution in [-0.2, 0) is 6.42 Å². The number of ether oxygens (including phenoxy) is 2. The fraction of sp³-hybridized carbons (Fsp3) is 0.267. The summed E-state index contributed by atoms with van der Waals surface area (Å²) in [5, 5.41) is 8.05. The van der Waals surface area contributed by atoms with Gasteiger partial charge in [-0.2, -0.15) is 4.98 Å². The van der Waals surface area contributed by atoms with Crippen molar-refractivity contribution in [3.8, 4) is 11.5 Å². The zero-order chi connectivity index (χ0) is 15.5. The lowest BCUT2D eigenvalue weighted by molar-refractivity contribution is 0.395. The first kappa shape index (κ1) is 14.1. The van der Waals surface area contributed by atoms with Gasteiger partial charge in [0.2, 0.25) is 0 Å². The van der Waals surface area contributed by atoms with Gasteiger partial charge >= 0.3 is 0 Å². The van der Waals surface area contributed by atoms with Gasteiger partial charge in [0.1, 0.15) is 29.0 Å². The van der Waals surface area contributed by atoms with Crippen LogP contribution in [0.2, 0.25) is 0 Å². The first-order chi connectivity index (χ1) is 10.7. The molecule has 0 aliphatic carbocycles. The van der Waals surface area contributed by atoms with Crippen LogP contribution < -0.4 is 14.8 Å². The molecular formula is C15H16N4O3. The van der Waals surface area contributed by atoms with Crippen molar-refractivity contribution in [2.75, 3.05) is 19.5 Å². The summed E-state index contributed by atoms with van der Waals surface area (Å²) in [5.41, 5.74) is 2.07. The number of rotatable bonds is 5. The fourth-order valence-electron chi connectivity index (χ4n) is 2.20. The molecule has 0 spiro atoms. The number of nitrogens with one attached hydrogen (secondary N) is 1. The Balaban J connectivity index is 2.04. The molecule has 0 saturated carbocycles. The minimum atomic E-state index is 0.462. The van der Waals surface area contributed by atoms with Crippen LogP contribution in [0.25, 0.3) is 11.1 Å². The number of hydrogen-bond acceptors (Lipinski definition) is 7. The van der Waals surface area contributed by atoms with Crippen molar-refractivity contribution < 1.29 is 14.0 Å². The largest absolute Gasteiger partial charge is 0.497 e. The van der Waals surface area contributed by atoms with Crippen LogP contribution in [0.3, 0.4) is 0 Å². The Labute approximate surface area is 127 Å². The van der Waals surface area contributed by atoms with E-state index in [4.69, 9.17) is 14.0 Å². The minimum absolute atomic E-state index is 0.462. The lowest BCUT2D eigenvalue weighted by atomic mass is 10.2. The van der Waals surface area contributed by atoms with E-state index in [1.54, 1.807) is 20.3 Å². The zero-order valence-electron chi connectivity index (χ0n) is 12.6. The number of hydrogen-bond donors (Lipinski definition) is 1. The van der Waals surface area contributed by atoms with Crippen LogP contribution in [-0.4, -0.2) is 29.3 Å². The highest BCUT2D eigenvalue weighted by Gasteiger charge is 2.14. The molecule has 2 heterocycles. The molecule has 0 atom stereocenters. The topological polar surface area (TPSA) is 82.3 Å². The van der Waals surface area contributed by atoms with E-state index in [0.29, 0.717) is 23.0 Å². The monoisotopic (exact) mass is 300 g/mol. The molecule has 0 aliphatic heterocycles. The van der Waals surface area contributed by atoms with E-state index in [0.717, 1.165) is 23.2 Å². The van der Waals surface area contributed by atoms with E-state index in [1.807, 2.05) is 19.1 Å². The van der Waals surface area contributed by atoms with Crippen molar-refractivity contribution in [2.24, 2.45) is 0 Å². The lowest BCUT2D eigenvalue weighted by Crippen LogP contribution is -1.98. The first-order valence-electron chi connectivity index (χ1n) is 6.84. The van der Waals surface area contributed by atoms with Crippen LogP contribution >= 0.6 is 0 Å². The summed E-state index contributed by atoms with van der Waals surface area (Å²) in [7, 11) is 3.22. The van der Waals surface area contributed by atoms with Crippen molar-refractivity contribution in [2.45, 2.75) is 13.3 Å². The van der Waals surface area contributed by atoms with Gasteiger partial charge in [0.05, 0.1) is 19.9 Å². The minimum Gasteiger partial charge on any atom is -0.497 e. The third kappa shape index (κ3) is 2.52. The third-order valence-electron chi connectivity index (χ3n) is 3.29. The number of nitrogens with zero attached hydrogens (tertiary/aromatic N) is 3. The van der Waals surface area contributed by atoms with Gasteiger partial charge in [-0.15, -0.1) is 0 Å². The number of aromatic nitrogens is 3. The zero-order valence-corrected chi connectivity index (χ0v) is 12.6. The maximum Gasteiger partial charge on any atom is 0.263 e. The number of aryl methyl sites for hydroxylation is 1. The highest BCUT2D eigenvalue weighted by Crippen LogP contribution is 2.30. The Bertz CT molecular complexity index is 778. The second-order valence-electron chi connectivity index (χ2n) is 4.61. The predicted octanol–water partition coefficient (Wildman–Crippen LogP) is 2.94. The molecule has 22 heavy (non-hydrogen) atoms. The molecule has 114 valence electrons. The van der Waals surface area contributed by atoms with Crippen molar-refractivity contribution in [1.29, 1.82) is 0 Å². The van der Waals surface area contributed by atoms with Crippen molar-refractivity contribution in [1.82, 2.24) is 15.1 Å². The molecule has 0 unspecified atom stereocenters. The molecule has 7 heteroatoms. The van der Waals surface area contributed by atoms with Gasteiger partial charge in [-0.25, -0.2) is 4.98 Å². The number of fused-ring (bicyclic) bond motifs is 1. The maximum absolute atomic E-state index is 5.27. The van der Waals surface area contributed by atoms with E-state index in [-0.39, 0.29) is 0 Å². The Morgan fingerprint density at radius 2 is 1.82 bits per heavy atom. The second-order valence-corrected chi connectivity index (χ2v) is 4.61. The number of anilines is 2. The van der Waals surface area contributed by atoms with Crippen LogP contribution in [0, 0.1) is 0 Å². The summed E-state index contributed by atoms with van der Waals surface area (Å²) in [5.74, 6) is 2.01. The Kier molecular flexibility index (Phi) is 3.78. The fourth-order valence-corrected chi connectivity index (χ4v) is 2.20. The van der Waals surface area contributed by atoms with E-state index in [2.05, 4.69) is 20.4 Å². The Hall–Kier alpha value is -2.83. The highest BCUT2D eigenvalue weighted by molar-refractivity contribution is 5.89. The van der Waals surface area contributed by atoms with E-state index < -0.39 is 0 Å². The molecular weight excluding hydrogens is 284 g/mol. The van der Waals surface area contributed by atoms with Crippen molar-refractivity contribution in [3.63, 3.8) is 0 Å². The molecule has 2 aromatic heterocycles. The van der Waals surface area contributed by atoms with Gasteiger partial charge in [0.15, 0.2) is 0 Å². The third-order valence-corrected chi connectivity index (χ3v) is 3.29. The van der Waals surface area contributed by atoms with Crippen LogP contribution in [0.4, 0.5) is 11.5 Å². The maximum atomic E-state index is 5.27. The van der Waals surface area contributed by atoms with Crippen LogP contribution in [0.15, 0.2) is 29.0 Å². The van der Waals surface area contributed by atoms with E-state index >= 15 is 0 Å². The Morgan fingerprint density at radius 1 is 1.09 bits per heavy atom. The summed E-state index contributed by atoms with van der Waals surface area (Å²) in [6, 6.07) is 5.52. The van der Waals surface area contributed by atoms with E-state index in [1.165, 1.54) is 6.33 Å². The molecule has 3 aromatic rings. The summed E-state index contributed by atoms with van der Waals surface area (Å²) in [4.78, 5) is 8.38. The molecule has 3 rings (SSSR count). The van der Waals surface area contributed by atoms with Crippen molar-refractivity contribution in [3.05, 3.63) is 30.2 Å². The number of methoxy groups -OCH3 is 2. The molecule has 0 amide bonds. The van der Waals surface area contributed by atoms with Gasteiger partial charge in [0.25, 0.3) is 5.71 Å². The van der Waals surface area contributed by atoms with Crippen molar-refractivity contribution >= 4 is 22.6 Å².